The smallest absolute Gasteiger partial charge is 0.388 e. The van der Waals surface area contributed by atoms with Gasteiger partial charge in [0, 0.05) is 12.1 Å². The van der Waals surface area contributed by atoms with Crippen LogP contribution in [0.15, 0.2) is 33.5 Å². The number of benzene rings is 1. The van der Waals surface area contributed by atoms with Crippen LogP contribution in [0.25, 0.3) is 11.5 Å². The Morgan fingerprint density at radius 1 is 1.26 bits per heavy atom. The molecule has 0 unspecified atom stereocenters. The Morgan fingerprint density at radius 2 is 2.00 bits per heavy atom. The molecule has 0 aliphatic rings. The average Bonchev–Trinajstić information content (AvgIpc) is 2.89. The molecule has 0 spiro atoms. The van der Waals surface area contributed by atoms with Gasteiger partial charge in [-0.3, -0.25) is 4.79 Å². The maximum absolute atomic E-state index is 12.9. The Labute approximate surface area is 133 Å². The molecule has 1 heterocycles. The molecule has 0 bridgehead atoms. The van der Waals surface area contributed by atoms with Gasteiger partial charge in [0.25, 0.3) is 0 Å². The lowest BCUT2D eigenvalue weighted by atomic mass is 10.2. The molecular weight excluding hydrogens is 301 g/mol. The van der Waals surface area contributed by atoms with Crippen molar-refractivity contribution in [1.29, 1.82) is 0 Å². The van der Waals surface area contributed by atoms with E-state index in [1.807, 2.05) is 0 Å². The Hall–Kier alpha value is -2.44. The predicted octanol–water partition coefficient (Wildman–Crippen LogP) is 2.34. The predicted molar refractivity (Wildman–Crippen MR) is 83.3 cm³/mol. The summed E-state index contributed by atoms with van der Waals surface area (Å²) in [7, 11) is 0. The molecule has 0 atom stereocenters. The van der Waals surface area contributed by atoms with E-state index in [1.54, 1.807) is 0 Å². The van der Waals surface area contributed by atoms with Gasteiger partial charge >= 0.3 is 5.76 Å². The third kappa shape index (κ3) is 5.05. The second-order valence-electron chi connectivity index (χ2n) is 5.25. The summed E-state index contributed by atoms with van der Waals surface area (Å²) in [4.78, 5) is 23.5. The molecule has 1 N–H and O–H groups in total. The summed E-state index contributed by atoms with van der Waals surface area (Å²) in [6, 6.07) is 5.41. The molecule has 1 aromatic carbocycles. The van der Waals surface area contributed by atoms with Crippen molar-refractivity contribution in [2.75, 3.05) is 6.54 Å². The van der Waals surface area contributed by atoms with Crippen molar-refractivity contribution in [3.8, 4) is 11.5 Å². The van der Waals surface area contributed by atoms with Crippen LogP contribution in [-0.4, -0.2) is 22.2 Å². The average molecular weight is 321 g/mol. The van der Waals surface area contributed by atoms with Crippen LogP contribution in [0.3, 0.4) is 0 Å². The first-order chi connectivity index (χ1) is 11.1. The molecule has 2 aromatic rings. The number of rotatable bonds is 8. The summed E-state index contributed by atoms with van der Waals surface area (Å²) >= 11 is 0. The third-order valence-electron chi connectivity index (χ3n) is 3.34. The van der Waals surface area contributed by atoms with Crippen LogP contribution in [0.5, 0.6) is 0 Å². The van der Waals surface area contributed by atoms with Gasteiger partial charge in [0.15, 0.2) is 0 Å². The molecular formula is C16H20FN3O3. The van der Waals surface area contributed by atoms with Crippen LogP contribution in [0.1, 0.15) is 32.6 Å². The van der Waals surface area contributed by atoms with Crippen molar-refractivity contribution in [3.05, 3.63) is 40.6 Å². The molecule has 23 heavy (non-hydrogen) atoms. The van der Waals surface area contributed by atoms with E-state index in [-0.39, 0.29) is 18.3 Å². The van der Waals surface area contributed by atoms with Gasteiger partial charge in [-0.15, -0.1) is 5.10 Å². The number of halogens is 1. The van der Waals surface area contributed by atoms with Crippen LogP contribution in [0.4, 0.5) is 4.39 Å². The molecule has 0 aliphatic carbocycles. The van der Waals surface area contributed by atoms with Gasteiger partial charge in [0.05, 0.1) is 0 Å². The van der Waals surface area contributed by atoms with Crippen molar-refractivity contribution in [2.24, 2.45) is 0 Å². The van der Waals surface area contributed by atoms with Crippen LogP contribution in [0.2, 0.25) is 0 Å². The van der Waals surface area contributed by atoms with E-state index in [9.17, 15) is 14.0 Å². The summed E-state index contributed by atoms with van der Waals surface area (Å²) in [5.41, 5.74) is 0.474. The van der Waals surface area contributed by atoms with Crippen LogP contribution >= 0.6 is 0 Å². The van der Waals surface area contributed by atoms with Gasteiger partial charge < -0.3 is 9.73 Å². The normalized spacial score (nSPS) is 10.7. The maximum atomic E-state index is 12.9. The lowest BCUT2D eigenvalue weighted by Gasteiger charge is -2.03. The quantitative estimate of drug-likeness (QED) is 0.757. The fourth-order valence-corrected chi connectivity index (χ4v) is 2.09. The third-order valence-corrected chi connectivity index (χ3v) is 3.34. The molecule has 0 saturated carbocycles. The van der Waals surface area contributed by atoms with E-state index in [4.69, 9.17) is 4.42 Å². The fourth-order valence-electron chi connectivity index (χ4n) is 2.09. The summed E-state index contributed by atoms with van der Waals surface area (Å²) in [5, 5.41) is 6.71. The zero-order chi connectivity index (χ0) is 16.7. The minimum atomic E-state index is -0.717. The molecule has 1 aromatic heterocycles. The van der Waals surface area contributed by atoms with Crippen molar-refractivity contribution in [2.45, 2.75) is 39.2 Å². The van der Waals surface area contributed by atoms with E-state index in [1.165, 1.54) is 24.3 Å². The largest absolute Gasteiger partial charge is 0.437 e. The highest BCUT2D eigenvalue weighted by Gasteiger charge is 2.13. The van der Waals surface area contributed by atoms with E-state index in [0.29, 0.717) is 12.1 Å². The van der Waals surface area contributed by atoms with Gasteiger partial charge in [-0.05, 0) is 30.7 Å². The highest BCUT2D eigenvalue weighted by molar-refractivity contribution is 5.75. The Kier molecular flexibility index (Phi) is 6.08. The van der Waals surface area contributed by atoms with Crippen LogP contribution < -0.4 is 11.1 Å². The molecule has 0 aliphatic heterocycles. The summed E-state index contributed by atoms with van der Waals surface area (Å²) in [6.45, 7) is 2.50. The van der Waals surface area contributed by atoms with E-state index < -0.39 is 11.6 Å². The first-order valence-corrected chi connectivity index (χ1v) is 7.70. The standard InChI is InChI=1S/C16H20FN3O3/c1-2-3-4-5-10-18-14(21)11-20-16(22)23-15(19-20)12-6-8-13(17)9-7-12/h6-9H,2-5,10-11H2,1H3,(H,18,21). The van der Waals surface area contributed by atoms with Crippen LogP contribution in [0, 0.1) is 5.82 Å². The lowest BCUT2D eigenvalue weighted by molar-refractivity contribution is -0.121. The van der Waals surface area contributed by atoms with Crippen molar-refractivity contribution in [1.82, 2.24) is 15.1 Å². The molecule has 0 saturated heterocycles. The molecule has 1 amide bonds. The summed E-state index contributed by atoms with van der Waals surface area (Å²) < 4.78 is 18.8. The lowest BCUT2D eigenvalue weighted by Crippen LogP contribution is -2.32. The van der Waals surface area contributed by atoms with Gasteiger partial charge in [-0.1, -0.05) is 26.2 Å². The van der Waals surface area contributed by atoms with Crippen molar-refractivity contribution < 1.29 is 13.6 Å². The second-order valence-corrected chi connectivity index (χ2v) is 5.25. The molecule has 7 heteroatoms. The molecule has 0 radical (unpaired) electrons. The highest BCUT2D eigenvalue weighted by Crippen LogP contribution is 2.15. The highest BCUT2D eigenvalue weighted by atomic mass is 19.1. The zero-order valence-corrected chi connectivity index (χ0v) is 13.0. The SMILES string of the molecule is CCCCCCNC(=O)Cn1nc(-c2ccc(F)cc2)oc1=O. The van der Waals surface area contributed by atoms with Gasteiger partial charge in [0.1, 0.15) is 12.4 Å². The molecule has 2 rings (SSSR count). The molecule has 0 fully saturated rings. The van der Waals surface area contributed by atoms with E-state index >= 15 is 0 Å². The summed E-state index contributed by atoms with van der Waals surface area (Å²) in [5.74, 6) is -1.34. The number of nitrogens with one attached hydrogen (secondary N) is 1. The number of nitrogens with zero attached hydrogens (tertiary/aromatic N) is 2. The van der Waals surface area contributed by atoms with E-state index in [0.717, 1.165) is 30.4 Å². The van der Waals surface area contributed by atoms with Gasteiger partial charge in [0.2, 0.25) is 11.8 Å². The maximum Gasteiger partial charge on any atom is 0.437 e. The first kappa shape index (κ1) is 16.9. The first-order valence-electron chi connectivity index (χ1n) is 7.70. The van der Waals surface area contributed by atoms with Crippen molar-refractivity contribution >= 4 is 5.91 Å². The van der Waals surface area contributed by atoms with E-state index in [2.05, 4.69) is 17.3 Å². The van der Waals surface area contributed by atoms with Crippen LogP contribution in [-0.2, 0) is 11.3 Å². The Morgan fingerprint density at radius 3 is 2.70 bits per heavy atom. The number of hydrogen-bond acceptors (Lipinski definition) is 4. The minimum Gasteiger partial charge on any atom is -0.388 e. The Balaban J connectivity index is 1.92. The number of hydrogen-bond donors (Lipinski definition) is 1. The van der Waals surface area contributed by atoms with Crippen molar-refractivity contribution in [3.63, 3.8) is 0 Å². The van der Waals surface area contributed by atoms with Gasteiger partial charge in [-0.25, -0.2) is 9.18 Å². The number of carbonyl (C=O) groups excluding carboxylic acids is 1. The monoisotopic (exact) mass is 321 g/mol. The minimum absolute atomic E-state index is 0.0609. The number of carbonyl (C=O) groups is 1. The second kappa shape index (κ2) is 8.26. The topological polar surface area (TPSA) is 77.1 Å². The number of unbranched alkanes of at least 4 members (excludes halogenated alkanes) is 3. The fraction of sp³-hybridized carbons (Fsp3) is 0.438. The Bertz CT molecular complexity index is 691. The van der Waals surface area contributed by atoms with Gasteiger partial charge in [-0.2, -0.15) is 4.68 Å². The zero-order valence-electron chi connectivity index (χ0n) is 13.0. The molecule has 124 valence electrons. The number of aromatic nitrogens is 2. The molecule has 6 nitrogen and oxygen atoms in total. The number of amides is 1. The summed E-state index contributed by atoms with van der Waals surface area (Å²) in [6.07, 6.45) is 4.25.